The van der Waals surface area contributed by atoms with E-state index in [2.05, 4.69) is 66.4 Å². The van der Waals surface area contributed by atoms with Crippen LogP contribution in [0.15, 0.2) is 91.4 Å². The number of aromatic amines is 1. The van der Waals surface area contributed by atoms with Crippen molar-refractivity contribution in [2.24, 2.45) is 0 Å². The lowest BCUT2D eigenvalue weighted by molar-refractivity contribution is 0.135. The summed E-state index contributed by atoms with van der Waals surface area (Å²) in [6.45, 7) is 2.64. The first kappa shape index (κ1) is 23.4. The van der Waals surface area contributed by atoms with Gasteiger partial charge in [-0.3, -0.25) is 19.4 Å². The highest BCUT2D eigenvalue weighted by molar-refractivity contribution is 5.81. The molecule has 0 atom stereocenters. The summed E-state index contributed by atoms with van der Waals surface area (Å²) in [5.41, 5.74) is 6.69. The molecule has 0 amide bonds. The van der Waals surface area contributed by atoms with Gasteiger partial charge in [-0.15, -0.1) is 0 Å². The monoisotopic (exact) mass is 514 g/mol. The molecule has 2 aromatic carbocycles. The van der Waals surface area contributed by atoms with Crippen LogP contribution in [0.1, 0.15) is 23.0 Å². The van der Waals surface area contributed by atoms with Crippen molar-refractivity contribution in [3.8, 4) is 33.9 Å². The van der Waals surface area contributed by atoms with Gasteiger partial charge in [0, 0.05) is 49.1 Å². The van der Waals surface area contributed by atoms with Crippen molar-refractivity contribution in [2.75, 3.05) is 13.1 Å². The summed E-state index contributed by atoms with van der Waals surface area (Å²) >= 11 is 0. The first-order valence-electron chi connectivity index (χ1n) is 12.9. The molecule has 0 bridgehead atoms. The van der Waals surface area contributed by atoms with Crippen molar-refractivity contribution in [3.05, 3.63) is 108 Å². The first-order chi connectivity index (χ1) is 19.2. The Kier molecular flexibility index (Phi) is 5.92. The number of hydrogen-bond acceptors (Lipinski definition) is 7. The van der Waals surface area contributed by atoms with Crippen LogP contribution >= 0.6 is 0 Å². The number of aliphatic hydroxyl groups excluding tert-OH is 1. The van der Waals surface area contributed by atoms with Crippen LogP contribution in [0.2, 0.25) is 0 Å². The van der Waals surface area contributed by atoms with Crippen LogP contribution in [-0.2, 0) is 13.2 Å². The van der Waals surface area contributed by atoms with Gasteiger partial charge >= 0.3 is 0 Å². The maximum Gasteiger partial charge on any atom is 0.234 e. The third-order valence-corrected chi connectivity index (χ3v) is 7.20. The molecule has 9 nitrogen and oxygen atoms in total. The molecule has 6 aromatic rings. The number of imidazole rings is 1. The second kappa shape index (κ2) is 9.86. The van der Waals surface area contributed by atoms with Gasteiger partial charge < -0.3 is 5.11 Å². The van der Waals surface area contributed by atoms with Gasteiger partial charge in [-0.1, -0.05) is 60.7 Å². The van der Waals surface area contributed by atoms with Gasteiger partial charge in [0.05, 0.1) is 24.2 Å². The highest BCUT2D eigenvalue weighted by Crippen LogP contribution is 2.32. The van der Waals surface area contributed by atoms with Gasteiger partial charge in [-0.2, -0.15) is 5.10 Å². The number of likely N-dealkylation sites (tertiary alicyclic amines) is 1. The van der Waals surface area contributed by atoms with Gasteiger partial charge in [0.2, 0.25) is 5.78 Å². The molecular formula is C30H26N8O. The Morgan fingerprint density at radius 3 is 2.46 bits per heavy atom. The normalized spacial score (nSPS) is 14.1. The van der Waals surface area contributed by atoms with E-state index in [1.54, 1.807) is 12.4 Å². The Bertz CT molecular complexity index is 1720. The minimum absolute atomic E-state index is 0.0929. The molecule has 39 heavy (non-hydrogen) atoms. The van der Waals surface area contributed by atoms with E-state index in [0.29, 0.717) is 23.2 Å². The Morgan fingerprint density at radius 1 is 0.872 bits per heavy atom. The van der Waals surface area contributed by atoms with Crippen LogP contribution in [0.3, 0.4) is 0 Å². The van der Waals surface area contributed by atoms with E-state index in [1.807, 2.05) is 47.0 Å². The quantitative estimate of drug-likeness (QED) is 0.326. The first-order valence-corrected chi connectivity index (χ1v) is 12.9. The van der Waals surface area contributed by atoms with Crippen molar-refractivity contribution in [2.45, 2.75) is 19.1 Å². The second-order valence-corrected chi connectivity index (χ2v) is 9.79. The van der Waals surface area contributed by atoms with Crippen molar-refractivity contribution in [3.63, 3.8) is 0 Å². The number of aromatic nitrogens is 7. The zero-order valence-electron chi connectivity index (χ0n) is 21.1. The average molecular weight is 515 g/mol. The smallest absolute Gasteiger partial charge is 0.234 e. The molecule has 0 aliphatic carbocycles. The Balaban J connectivity index is 1.08. The molecule has 0 spiro atoms. The van der Waals surface area contributed by atoms with Crippen LogP contribution in [-0.4, -0.2) is 57.6 Å². The number of aliphatic hydroxyl groups is 1. The lowest BCUT2D eigenvalue weighted by atomic mass is 9.97. The molecule has 1 aliphatic heterocycles. The molecule has 5 heterocycles. The maximum atomic E-state index is 9.73. The number of fused-ring (bicyclic) bond motifs is 1. The maximum absolute atomic E-state index is 9.73. The Hall–Kier alpha value is -4.73. The lowest BCUT2D eigenvalue weighted by Crippen LogP contribution is -2.44. The van der Waals surface area contributed by atoms with Crippen molar-refractivity contribution in [1.29, 1.82) is 0 Å². The summed E-state index contributed by atoms with van der Waals surface area (Å²) in [5, 5.41) is 17.2. The number of benzene rings is 2. The molecular weight excluding hydrogens is 488 g/mol. The Labute approximate surface area is 224 Å². The number of H-pyrrole nitrogens is 1. The summed E-state index contributed by atoms with van der Waals surface area (Å²) in [6, 6.07) is 24.5. The standard InChI is InChI=1S/C30H26N8O/c39-19-24-14-32-30-33-27(25(18-38(24)30)21-6-2-1-3-7-21)22-11-9-20(10-12-22)15-37-16-23(17-37)28-34-29(36-35-28)26-8-4-5-13-31-26/h1-14,18,23,39H,15-17,19H2,(H,34,35,36). The van der Waals surface area contributed by atoms with Crippen LogP contribution in [0.25, 0.3) is 39.7 Å². The van der Waals surface area contributed by atoms with E-state index in [1.165, 1.54) is 5.56 Å². The molecule has 1 fully saturated rings. The molecule has 4 aromatic heterocycles. The minimum atomic E-state index is -0.0929. The number of hydrogen-bond donors (Lipinski definition) is 2. The number of pyridine rings is 1. The van der Waals surface area contributed by atoms with Crippen LogP contribution in [0, 0.1) is 0 Å². The minimum Gasteiger partial charge on any atom is -0.390 e. The average Bonchev–Trinajstić information content (AvgIpc) is 3.62. The van der Waals surface area contributed by atoms with E-state index < -0.39 is 0 Å². The van der Waals surface area contributed by atoms with E-state index >= 15 is 0 Å². The summed E-state index contributed by atoms with van der Waals surface area (Å²) in [7, 11) is 0. The molecule has 1 saturated heterocycles. The van der Waals surface area contributed by atoms with Crippen LogP contribution in [0.5, 0.6) is 0 Å². The third-order valence-electron chi connectivity index (χ3n) is 7.20. The van der Waals surface area contributed by atoms with E-state index in [4.69, 9.17) is 4.98 Å². The SMILES string of the molecule is OCc1cnc2nc(-c3ccc(CN4CC(c5nc(-c6ccccn6)n[nH]5)C4)cc3)c(-c3ccccc3)cn12. The fourth-order valence-electron chi connectivity index (χ4n) is 5.09. The molecule has 9 heteroatoms. The third kappa shape index (κ3) is 4.47. The topological polar surface area (TPSA) is 108 Å². The highest BCUT2D eigenvalue weighted by Gasteiger charge is 2.30. The number of nitrogens with one attached hydrogen (secondary N) is 1. The summed E-state index contributed by atoms with van der Waals surface area (Å²) in [6.07, 6.45) is 5.44. The zero-order chi connectivity index (χ0) is 26.2. The largest absolute Gasteiger partial charge is 0.390 e. The predicted octanol–water partition coefficient (Wildman–Crippen LogP) is 4.34. The van der Waals surface area contributed by atoms with Crippen LogP contribution < -0.4 is 0 Å². The Morgan fingerprint density at radius 2 is 1.69 bits per heavy atom. The zero-order valence-corrected chi connectivity index (χ0v) is 21.1. The molecule has 192 valence electrons. The fraction of sp³-hybridized carbons (Fsp3) is 0.167. The van der Waals surface area contributed by atoms with Gasteiger partial charge in [-0.25, -0.2) is 15.0 Å². The van der Waals surface area contributed by atoms with E-state index in [0.717, 1.165) is 53.5 Å². The lowest BCUT2D eigenvalue weighted by Gasteiger charge is -2.38. The fourth-order valence-corrected chi connectivity index (χ4v) is 5.09. The van der Waals surface area contributed by atoms with Gasteiger partial charge in [0.15, 0.2) is 5.82 Å². The summed E-state index contributed by atoms with van der Waals surface area (Å²) < 4.78 is 1.86. The second-order valence-electron chi connectivity index (χ2n) is 9.79. The highest BCUT2D eigenvalue weighted by atomic mass is 16.3. The van der Waals surface area contributed by atoms with Crippen molar-refractivity contribution >= 4 is 5.78 Å². The molecule has 1 aliphatic rings. The molecule has 0 unspecified atom stereocenters. The molecule has 7 rings (SSSR count). The summed E-state index contributed by atoms with van der Waals surface area (Å²) in [4.78, 5) is 20.7. The predicted molar refractivity (Wildman–Crippen MR) is 147 cm³/mol. The molecule has 0 saturated carbocycles. The summed E-state index contributed by atoms with van der Waals surface area (Å²) in [5.74, 6) is 2.48. The number of nitrogens with zero attached hydrogens (tertiary/aromatic N) is 7. The molecule has 2 N–H and O–H groups in total. The van der Waals surface area contributed by atoms with Gasteiger partial charge in [-0.05, 0) is 23.3 Å². The van der Waals surface area contributed by atoms with E-state index in [-0.39, 0.29) is 6.61 Å². The van der Waals surface area contributed by atoms with Gasteiger partial charge in [0.1, 0.15) is 11.5 Å². The van der Waals surface area contributed by atoms with Crippen LogP contribution in [0.4, 0.5) is 0 Å². The van der Waals surface area contributed by atoms with Gasteiger partial charge in [0.25, 0.3) is 0 Å². The van der Waals surface area contributed by atoms with E-state index in [9.17, 15) is 5.11 Å². The molecule has 0 radical (unpaired) electrons. The van der Waals surface area contributed by atoms with Crippen molar-refractivity contribution in [1.82, 2.24) is 39.4 Å². The number of rotatable bonds is 7. The van der Waals surface area contributed by atoms with Crippen molar-refractivity contribution < 1.29 is 5.11 Å².